The number of hydrogen-bond acceptors (Lipinski definition) is 3. The van der Waals surface area contributed by atoms with Crippen LogP contribution in [0.1, 0.15) is 44.9 Å². The first-order valence-electron chi connectivity index (χ1n) is 6.84. The van der Waals surface area contributed by atoms with Crippen LogP contribution >= 0.6 is 0 Å². The van der Waals surface area contributed by atoms with E-state index in [1.807, 2.05) is 0 Å². The fourth-order valence-corrected chi connectivity index (χ4v) is 3.16. The van der Waals surface area contributed by atoms with Gasteiger partial charge >= 0.3 is 0 Å². The molecule has 2 unspecified atom stereocenters. The molecule has 2 aliphatic rings. The lowest BCUT2D eigenvalue weighted by Crippen LogP contribution is -2.47. The molecule has 94 valence electrons. The van der Waals surface area contributed by atoms with Crippen LogP contribution in [0.5, 0.6) is 0 Å². The highest BCUT2D eigenvalue weighted by atomic mass is 16.3. The molecule has 3 nitrogen and oxygen atoms in total. The Morgan fingerprint density at radius 1 is 0.938 bits per heavy atom. The third-order valence-electron chi connectivity index (χ3n) is 4.32. The monoisotopic (exact) mass is 227 g/mol. The second kappa shape index (κ2) is 5.99. The Bertz CT molecular complexity index is 202. The van der Waals surface area contributed by atoms with Gasteiger partial charge in [-0.25, -0.2) is 0 Å². The third kappa shape index (κ3) is 2.96. The number of aliphatic hydroxyl groups is 2. The first-order valence-corrected chi connectivity index (χ1v) is 6.84. The van der Waals surface area contributed by atoms with Gasteiger partial charge in [-0.05, 0) is 44.7 Å². The Morgan fingerprint density at radius 2 is 1.62 bits per heavy atom. The Kier molecular flexibility index (Phi) is 4.62. The molecular formula is C13H25NO2. The smallest absolute Gasteiger partial charge is 0.0695 e. The minimum absolute atomic E-state index is 0.117. The van der Waals surface area contributed by atoms with Crippen molar-refractivity contribution in [2.24, 2.45) is 5.92 Å². The molecule has 0 aromatic heterocycles. The van der Waals surface area contributed by atoms with Crippen LogP contribution in [0, 0.1) is 5.92 Å². The molecule has 1 saturated heterocycles. The van der Waals surface area contributed by atoms with Crippen molar-refractivity contribution in [2.75, 3.05) is 19.7 Å². The SMILES string of the molecule is OCC1CCN(C2CCCCCC2O)CC1. The summed E-state index contributed by atoms with van der Waals surface area (Å²) >= 11 is 0. The third-order valence-corrected chi connectivity index (χ3v) is 4.32. The van der Waals surface area contributed by atoms with Crippen molar-refractivity contribution >= 4 is 0 Å². The van der Waals surface area contributed by atoms with Crippen LogP contribution in [0.15, 0.2) is 0 Å². The van der Waals surface area contributed by atoms with Crippen molar-refractivity contribution in [2.45, 2.75) is 57.1 Å². The van der Waals surface area contributed by atoms with Crippen LogP contribution in [-0.4, -0.2) is 47.0 Å². The Morgan fingerprint density at radius 3 is 2.31 bits per heavy atom. The minimum atomic E-state index is -0.117. The van der Waals surface area contributed by atoms with Gasteiger partial charge in [0.15, 0.2) is 0 Å². The van der Waals surface area contributed by atoms with Crippen molar-refractivity contribution in [3.63, 3.8) is 0 Å². The first kappa shape index (κ1) is 12.3. The predicted octanol–water partition coefficient (Wildman–Crippen LogP) is 1.38. The molecule has 2 N–H and O–H groups in total. The van der Waals surface area contributed by atoms with Gasteiger partial charge < -0.3 is 10.2 Å². The highest BCUT2D eigenvalue weighted by molar-refractivity contribution is 4.84. The van der Waals surface area contributed by atoms with Crippen molar-refractivity contribution in [1.82, 2.24) is 4.90 Å². The summed E-state index contributed by atoms with van der Waals surface area (Å²) in [5, 5.41) is 19.2. The van der Waals surface area contributed by atoms with E-state index in [-0.39, 0.29) is 6.10 Å². The van der Waals surface area contributed by atoms with Crippen molar-refractivity contribution in [1.29, 1.82) is 0 Å². The Balaban J connectivity index is 1.86. The van der Waals surface area contributed by atoms with E-state index in [4.69, 9.17) is 5.11 Å². The molecule has 1 saturated carbocycles. The van der Waals surface area contributed by atoms with Crippen LogP contribution in [-0.2, 0) is 0 Å². The van der Waals surface area contributed by atoms with Crippen molar-refractivity contribution in [3.05, 3.63) is 0 Å². The maximum Gasteiger partial charge on any atom is 0.0695 e. The topological polar surface area (TPSA) is 43.7 Å². The number of likely N-dealkylation sites (tertiary alicyclic amines) is 1. The molecular weight excluding hydrogens is 202 g/mol. The summed E-state index contributed by atoms with van der Waals surface area (Å²) in [5.41, 5.74) is 0. The largest absolute Gasteiger partial charge is 0.396 e. The average molecular weight is 227 g/mol. The van der Waals surface area contributed by atoms with E-state index in [0.717, 1.165) is 38.8 Å². The molecule has 2 fully saturated rings. The molecule has 0 spiro atoms. The summed E-state index contributed by atoms with van der Waals surface area (Å²) in [6, 6.07) is 0.391. The van der Waals surface area contributed by atoms with E-state index in [9.17, 15) is 5.11 Å². The summed E-state index contributed by atoms with van der Waals surface area (Å²) < 4.78 is 0. The van der Waals surface area contributed by atoms with Gasteiger partial charge in [-0.2, -0.15) is 0 Å². The molecule has 0 aromatic carbocycles. The molecule has 2 rings (SSSR count). The van der Waals surface area contributed by atoms with E-state index < -0.39 is 0 Å². The van der Waals surface area contributed by atoms with Gasteiger partial charge in [0.25, 0.3) is 0 Å². The fraction of sp³-hybridized carbons (Fsp3) is 1.00. The quantitative estimate of drug-likeness (QED) is 0.701. The highest BCUT2D eigenvalue weighted by Gasteiger charge is 2.30. The number of hydrogen-bond donors (Lipinski definition) is 2. The standard InChI is InChI=1S/C13H25NO2/c15-10-11-6-8-14(9-7-11)12-4-2-1-3-5-13(12)16/h11-13,15-16H,1-10H2. The minimum Gasteiger partial charge on any atom is -0.396 e. The fourth-order valence-electron chi connectivity index (χ4n) is 3.16. The van der Waals surface area contributed by atoms with Crippen molar-refractivity contribution < 1.29 is 10.2 Å². The molecule has 1 heterocycles. The Hall–Kier alpha value is -0.120. The van der Waals surface area contributed by atoms with E-state index in [2.05, 4.69) is 4.90 Å². The van der Waals surface area contributed by atoms with Gasteiger partial charge in [0.2, 0.25) is 0 Å². The van der Waals surface area contributed by atoms with Gasteiger partial charge in [0.05, 0.1) is 6.10 Å². The molecule has 16 heavy (non-hydrogen) atoms. The summed E-state index contributed by atoms with van der Waals surface area (Å²) in [6.07, 6.45) is 7.94. The lowest BCUT2D eigenvalue weighted by molar-refractivity contribution is 0.0189. The highest BCUT2D eigenvalue weighted by Crippen LogP contribution is 2.26. The Labute approximate surface area is 98.5 Å². The molecule has 0 radical (unpaired) electrons. The summed E-state index contributed by atoms with van der Waals surface area (Å²) in [6.45, 7) is 2.46. The number of piperidine rings is 1. The maximum absolute atomic E-state index is 10.1. The predicted molar refractivity (Wildman–Crippen MR) is 64.3 cm³/mol. The molecule has 0 aromatic rings. The summed E-state index contributed by atoms with van der Waals surface area (Å²) in [7, 11) is 0. The van der Waals surface area contributed by atoms with E-state index in [0.29, 0.717) is 18.6 Å². The van der Waals surface area contributed by atoms with Crippen LogP contribution in [0.3, 0.4) is 0 Å². The molecule has 3 heteroatoms. The average Bonchev–Trinajstić information content (AvgIpc) is 2.54. The molecule has 1 aliphatic heterocycles. The van der Waals surface area contributed by atoms with Gasteiger partial charge in [-0.1, -0.05) is 19.3 Å². The van der Waals surface area contributed by atoms with Crippen LogP contribution in [0.2, 0.25) is 0 Å². The number of nitrogens with zero attached hydrogens (tertiary/aromatic N) is 1. The van der Waals surface area contributed by atoms with Crippen molar-refractivity contribution in [3.8, 4) is 0 Å². The lowest BCUT2D eigenvalue weighted by Gasteiger charge is -2.38. The van der Waals surface area contributed by atoms with E-state index in [1.165, 1.54) is 19.3 Å². The second-order valence-electron chi connectivity index (χ2n) is 5.43. The lowest BCUT2D eigenvalue weighted by atomic mass is 9.94. The molecule has 0 amide bonds. The second-order valence-corrected chi connectivity index (χ2v) is 5.43. The number of aliphatic hydroxyl groups excluding tert-OH is 2. The van der Waals surface area contributed by atoms with Crippen LogP contribution in [0.25, 0.3) is 0 Å². The molecule has 1 aliphatic carbocycles. The van der Waals surface area contributed by atoms with Crippen LogP contribution < -0.4 is 0 Å². The van der Waals surface area contributed by atoms with Gasteiger partial charge in [0.1, 0.15) is 0 Å². The zero-order chi connectivity index (χ0) is 11.4. The van der Waals surface area contributed by atoms with Gasteiger partial charge in [-0.3, -0.25) is 4.90 Å². The first-order chi connectivity index (χ1) is 7.81. The van der Waals surface area contributed by atoms with Gasteiger partial charge in [0, 0.05) is 12.6 Å². The van der Waals surface area contributed by atoms with E-state index in [1.54, 1.807) is 0 Å². The zero-order valence-corrected chi connectivity index (χ0v) is 10.1. The normalized spacial score (nSPS) is 34.9. The van der Waals surface area contributed by atoms with E-state index >= 15 is 0 Å². The van der Waals surface area contributed by atoms with Gasteiger partial charge in [-0.15, -0.1) is 0 Å². The molecule has 0 bridgehead atoms. The maximum atomic E-state index is 10.1. The number of rotatable bonds is 2. The van der Waals surface area contributed by atoms with Crippen LogP contribution in [0.4, 0.5) is 0 Å². The summed E-state index contributed by atoms with van der Waals surface area (Å²) in [4.78, 5) is 2.46. The molecule has 2 atom stereocenters. The summed E-state index contributed by atoms with van der Waals surface area (Å²) in [5.74, 6) is 0.499. The zero-order valence-electron chi connectivity index (χ0n) is 10.1.